The summed E-state index contributed by atoms with van der Waals surface area (Å²) in [7, 11) is 0. The van der Waals surface area contributed by atoms with Gasteiger partial charge in [0.2, 0.25) is 0 Å². The summed E-state index contributed by atoms with van der Waals surface area (Å²) in [5.74, 6) is 0. The van der Waals surface area contributed by atoms with Gasteiger partial charge in [-0.15, -0.1) is 0 Å². The maximum atomic E-state index is 9.99. The average molecular weight is 216 g/mol. The number of aromatic amines is 1. The van der Waals surface area contributed by atoms with Crippen molar-refractivity contribution in [2.45, 2.75) is 25.9 Å². The molecular formula is C13H16N2O. The number of nitrogens with zero attached hydrogens (tertiary/aromatic N) is 1. The highest BCUT2D eigenvalue weighted by molar-refractivity contribution is 5.62. The maximum Gasteiger partial charge on any atom is 0.0826 e. The molecule has 0 amide bonds. The summed E-state index contributed by atoms with van der Waals surface area (Å²) >= 11 is 0. The minimum absolute atomic E-state index is 0.432. The van der Waals surface area contributed by atoms with Gasteiger partial charge in [0.05, 0.1) is 18.0 Å². The SMILES string of the molecule is CCCC(O)c1cn[nH]c1-c1ccccc1. The number of hydrogen-bond donors (Lipinski definition) is 2. The van der Waals surface area contributed by atoms with Crippen LogP contribution in [-0.4, -0.2) is 15.3 Å². The number of rotatable bonds is 4. The highest BCUT2D eigenvalue weighted by Crippen LogP contribution is 2.27. The largest absolute Gasteiger partial charge is 0.388 e. The molecule has 16 heavy (non-hydrogen) atoms. The Morgan fingerprint density at radius 3 is 2.75 bits per heavy atom. The van der Waals surface area contributed by atoms with E-state index in [1.165, 1.54) is 0 Å². The second kappa shape index (κ2) is 4.94. The van der Waals surface area contributed by atoms with Crippen LogP contribution in [0.5, 0.6) is 0 Å². The van der Waals surface area contributed by atoms with Crippen LogP contribution in [0.2, 0.25) is 0 Å². The van der Waals surface area contributed by atoms with Crippen molar-refractivity contribution in [2.75, 3.05) is 0 Å². The molecule has 0 saturated carbocycles. The second-order valence-corrected chi connectivity index (χ2v) is 3.87. The van der Waals surface area contributed by atoms with Crippen LogP contribution in [0.3, 0.4) is 0 Å². The Kier molecular flexibility index (Phi) is 3.37. The molecule has 1 unspecified atom stereocenters. The number of aromatic nitrogens is 2. The van der Waals surface area contributed by atoms with E-state index in [-0.39, 0.29) is 0 Å². The Morgan fingerprint density at radius 2 is 2.06 bits per heavy atom. The standard InChI is InChI=1S/C13H16N2O/c1-2-6-12(16)11-9-14-15-13(11)10-7-4-3-5-8-10/h3-5,7-9,12,16H,2,6H2,1H3,(H,14,15). The molecule has 84 valence electrons. The monoisotopic (exact) mass is 216 g/mol. The van der Waals surface area contributed by atoms with Crippen molar-refractivity contribution in [1.82, 2.24) is 10.2 Å². The molecule has 0 aliphatic heterocycles. The van der Waals surface area contributed by atoms with Gasteiger partial charge in [0, 0.05) is 5.56 Å². The van der Waals surface area contributed by atoms with Gasteiger partial charge in [-0.2, -0.15) is 5.10 Å². The summed E-state index contributed by atoms with van der Waals surface area (Å²) in [5, 5.41) is 17.0. The normalized spacial score (nSPS) is 12.6. The first-order chi connectivity index (χ1) is 7.83. The first-order valence-electron chi connectivity index (χ1n) is 5.59. The zero-order chi connectivity index (χ0) is 11.4. The van der Waals surface area contributed by atoms with Crippen LogP contribution in [0.1, 0.15) is 31.4 Å². The zero-order valence-electron chi connectivity index (χ0n) is 9.35. The summed E-state index contributed by atoms with van der Waals surface area (Å²) in [6.45, 7) is 2.06. The maximum absolute atomic E-state index is 9.99. The molecule has 0 aliphatic rings. The Morgan fingerprint density at radius 1 is 1.31 bits per heavy atom. The molecule has 3 heteroatoms. The van der Waals surface area contributed by atoms with Gasteiger partial charge in [0.1, 0.15) is 0 Å². The number of aliphatic hydroxyl groups excluding tert-OH is 1. The molecule has 0 aliphatic carbocycles. The number of hydrogen-bond acceptors (Lipinski definition) is 2. The molecule has 0 saturated heterocycles. The van der Waals surface area contributed by atoms with Crippen molar-refractivity contribution in [3.63, 3.8) is 0 Å². The molecule has 1 atom stereocenters. The van der Waals surface area contributed by atoms with E-state index in [1.54, 1.807) is 6.20 Å². The van der Waals surface area contributed by atoms with E-state index in [0.29, 0.717) is 0 Å². The number of nitrogens with one attached hydrogen (secondary N) is 1. The molecule has 1 aromatic heterocycles. The van der Waals surface area contributed by atoms with Gasteiger partial charge < -0.3 is 5.11 Å². The van der Waals surface area contributed by atoms with Gasteiger partial charge in [0.25, 0.3) is 0 Å². The molecule has 0 fully saturated rings. The Bertz CT molecular complexity index is 436. The van der Waals surface area contributed by atoms with Gasteiger partial charge in [-0.05, 0) is 12.0 Å². The molecular weight excluding hydrogens is 200 g/mol. The van der Waals surface area contributed by atoms with Crippen molar-refractivity contribution in [1.29, 1.82) is 0 Å². The van der Waals surface area contributed by atoms with E-state index < -0.39 is 6.10 Å². The summed E-state index contributed by atoms with van der Waals surface area (Å²) in [6.07, 6.45) is 3.00. The highest BCUT2D eigenvalue weighted by Gasteiger charge is 2.14. The lowest BCUT2D eigenvalue weighted by atomic mass is 10.0. The van der Waals surface area contributed by atoms with Gasteiger partial charge in [-0.1, -0.05) is 43.7 Å². The van der Waals surface area contributed by atoms with Gasteiger partial charge >= 0.3 is 0 Å². The predicted molar refractivity (Wildman–Crippen MR) is 63.9 cm³/mol. The van der Waals surface area contributed by atoms with Crippen molar-refractivity contribution in [3.8, 4) is 11.3 Å². The topological polar surface area (TPSA) is 48.9 Å². The molecule has 0 radical (unpaired) electrons. The first kappa shape index (κ1) is 10.9. The molecule has 2 N–H and O–H groups in total. The van der Waals surface area contributed by atoms with Crippen molar-refractivity contribution in [3.05, 3.63) is 42.1 Å². The highest BCUT2D eigenvalue weighted by atomic mass is 16.3. The molecule has 3 nitrogen and oxygen atoms in total. The van der Waals surface area contributed by atoms with Crippen LogP contribution in [0.4, 0.5) is 0 Å². The Hall–Kier alpha value is -1.61. The van der Waals surface area contributed by atoms with E-state index in [4.69, 9.17) is 0 Å². The molecule has 0 bridgehead atoms. The van der Waals surface area contributed by atoms with Crippen molar-refractivity contribution in [2.24, 2.45) is 0 Å². The smallest absolute Gasteiger partial charge is 0.0826 e. The quantitative estimate of drug-likeness (QED) is 0.825. The van der Waals surface area contributed by atoms with Gasteiger partial charge in [-0.3, -0.25) is 5.10 Å². The van der Waals surface area contributed by atoms with Crippen LogP contribution < -0.4 is 0 Å². The number of aliphatic hydroxyl groups is 1. The van der Waals surface area contributed by atoms with E-state index >= 15 is 0 Å². The van der Waals surface area contributed by atoms with E-state index in [9.17, 15) is 5.11 Å². The van der Waals surface area contributed by atoms with Crippen LogP contribution in [0, 0.1) is 0 Å². The average Bonchev–Trinajstić information content (AvgIpc) is 2.79. The summed E-state index contributed by atoms with van der Waals surface area (Å²) in [6, 6.07) is 9.95. The Balaban J connectivity index is 2.33. The summed E-state index contributed by atoms with van der Waals surface area (Å²) in [5.41, 5.74) is 2.86. The molecule has 2 rings (SSSR count). The fourth-order valence-corrected chi connectivity index (χ4v) is 1.81. The van der Waals surface area contributed by atoms with Crippen LogP contribution >= 0.6 is 0 Å². The zero-order valence-corrected chi connectivity index (χ0v) is 9.35. The minimum atomic E-state index is -0.432. The number of H-pyrrole nitrogens is 1. The van der Waals surface area contributed by atoms with Crippen LogP contribution in [0.25, 0.3) is 11.3 Å². The first-order valence-corrected chi connectivity index (χ1v) is 5.59. The van der Waals surface area contributed by atoms with E-state index in [0.717, 1.165) is 29.7 Å². The van der Waals surface area contributed by atoms with Crippen molar-refractivity contribution < 1.29 is 5.11 Å². The third-order valence-corrected chi connectivity index (χ3v) is 2.65. The Labute approximate surface area is 95.1 Å². The van der Waals surface area contributed by atoms with Crippen LogP contribution in [0.15, 0.2) is 36.5 Å². The number of benzene rings is 1. The van der Waals surface area contributed by atoms with Crippen molar-refractivity contribution >= 4 is 0 Å². The molecule has 1 aromatic carbocycles. The lowest BCUT2D eigenvalue weighted by molar-refractivity contribution is 0.167. The van der Waals surface area contributed by atoms with E-state index in [1.807, 2.05) is 30.3 Å². The lowest BCUT2D eigenvalue weighted by Gasteiger charge is -2.09. The van der Waals surface area contributed by atoms with E-state index in [2.05, 4.69) is 17.1 Å². The minimum Gasteiger partial charge on any atom is -0.388 e. The third-order valence-electron chi connectivity index (χ3n) is 2.65. The van der Waals surface area contributed by atoms with Gasteiger partial charge in [0.15, 0.2) is 0 Å². The molecule has 1 heterocycles. The third kappa shape index (κ3) is 2.14. The fourth-order valence-electron chi connectivity index (χ4n) is 1.81. The van der Waals surface area contributed by atoms with Gasteiger partial charge in [-0.25, -0.2) is 0 Å². The summed E-state index contributed by atoms with van der Waals surface area (Å²) in [4.78, 5) is 0. The lowest BCUT2D eigenvalue weighted by Crippen LogP contribution is -1.97. The predicted octanol–water partition coefficient (Wildman–Crippen LogP) is 2.91. The summed E-state index contributed by atoms with van der Waals surface area (Å²) < 4.78 is 0. The molecule has 2 aromatic rings. The van der Waals surface area contributed by atoms with Crippen LogP contribution in [-0.2, 0) is 0 Å². The fraction of sp³-hybridized carbons (Fsp3) is 0.308. The molecule has 0 spiro atoms. The second-order valence-electron chi connectivity index (χ2n) is 3.87.